The highest BCUT2D eigenvalue weighted by Crippen LogP contribution is 2.17. The number of nitrogens with zero attached hydrogens (tertiary/aromatic N) is 1. The van der Waals surface area contributed by atoms with Crippen molar-refractivity contribution in [2.75, 3.05) is 31.2 Å². The van der Waals surface area contributed by atoms with E-state index in [2.05, 4.69) is 20.3 Å². The smallest absolute Gasteiger partial charge is 0.253 e. The van der Waals surface area contributed by atoms with Gasteiger partial charge in [-0.3, -0.25) is 4.79 Å². The minimum atomic E-state index is -3.26. The van der Waals surface area contributed by atoms with Crippen molar-refractivity contribution < 1.29 is 13.2 Å². The van der Waals surface area contributed by atoms with E-state index >= 15 is 0 Å². The molecular weight excluding hydrogens is 304 g/mol. The van der Waals surface area contributed by atoms with Gasteiger partial charge in [-0.05, 0) is 13.0 Å². The molecule has 1 amide bonds. The zero-order valence-electron chi connectivity index (χ0n) is 11.2. The number of carbonyl (C=O) groups excluding carboxylic acids is 1. The first kappa shape index (κ1) is 16.7. The van der Waals surface area contributed by atoms with Crippen LogP contribution in [0.3, 0.4) is 0 Å². The van der Waals surface area contributed by atoms with Crippen LogP contribution >= 0.6 is 11.6 Å². The fourth-order valence-corrected chi connectivity index (χ4v) is 2.06. The van der Waals surface area contributed by atoms with Crippen molar-refractivity contribution in [1.29, 1.82) is 0 Å². The molecule has 0 atom stereocenters. The van der Waals surface area contributed by atoms with Gasteiger partial charge in [-0.25, -0.2) is 18.1 Å². The van der Waals surface area contributed by atoms with Crippen molar-refractivity contribution in [3.05, 3.63) is 22.8 Å². The highest BCUT2D eigenvalue weighted by atomic mass is 35.5. The van der Waals surface area contributed by atoms with Crippen LogP contribution in [0.5, 0.6) is 0 Å². The van der Waals surface area contributed by atoms with Crippen LogP contribution in [-0.4, -0.2) is 45.2 Å². The predicted octanol–water partition coefficient (Wildman–Crippen LogP) is 0.446. The number of rotatable bonds is 7. The molecule has 0 aliphatic rings. The summed E-state index contributed by atoms with van der Waals surface area (Å²) in [4.78, 5) is 15.9. The minimum Gasteiger partial charge on any atom is -0.370 e. The van der Waals surface area contributed by atoms with Gasteiger partial charge in [0.1, 0.15) is 5.82 Å². The lowest BCUT2D eigenvalue weighted by atomic mass is 10.2. The highest BCUT2D eigenvalue weighted by Gasteiger charge is 2.11. The molecule has 0 unspecified atom stereocenters. The van der Waals surface area contributed by atoms with Gasteiger partial charge < -0.3 is 10.6 Å². The molecule has 0 aromatic carbocycles. The number of nitrogens with one attached hydrogen (secondary N) is 3. The molecule has 20 heavy (non-hydrogen) atoms. The van der Waals surface area contributed by atoms with E-state index < -0.39 is 10.0 Å². The SMILES string of the molecule is CCNc1cc(C(=O)NCCNS(C)(=O)=O)c(Cl)cn1. The number of sulfonamides is 1. The van der Waals surface area contributed by atoms with E-state index in [1.54, 1.807) is 6.07 Å². The second-order valence-corrected chi connectivity index (χ2v) is 6.24. The molecule has 112 valence electrons. The first-order valence-electron chi connectivity index (χ1n) is 5.95. The van der Waals surface area contributed by atoms with Gasteiger partial charge in [0.25, 0.3) is 5.91 Å². The summed E-state index contributed by atoms with van der Waals surface area (Å²) in [6.07, 6.45) is 2.44. The Kier molecular flexibility index (Phi) is 6.18. The van der Waals surface area contributed by atoms with E-state index in [0.717, 1.165) is 6.26 Å². The molecular formula is C11H17ClN4O3S. The molecule has 0 aliphatic heterocycles. The molecule has 0 saturated heterocycles. The summed E-state index contributed by atoms with van der Waals surface area (Å²) in [5.74, 6) is 0.170. The molecule has 1 aromatic rings. The van der Waals surface area contributed by atoms with E-state index in [1.807, 2.05) is 6.92 Å². The highest BCUT2D eigenvalue weighted by molar-refractivity contribution is 7.88. The second-order valence-electron chi connectivity index (χ2n) is 4.00. The van der Waals surface area contributed by atoms with Crippen LogP contribution in [-0.2, 0) is 10.0 Å². The third-order valence-electron chi connectivity index (χ3n) is 2.23. The molecule has 0 aliphatic carbocycles. The molecule has 9 heteroatoms. The van der Waals surface area contributed by atoms with Gasteiger partial charge in [0, 0.05) is 25.8 Å². The maximum Gasteiger partial charge on any atom is 0.253 e. The molecule has 0 radical (unpaired) electrons. The van der Waals surface area contributed by atoms with Crippen LogP contribution < -0.4 is 15.4 Å². The number of anilines is 1. The van der Waals surface area contributed by atoms with Crippen molar-refractivity contribution in [2.24, 2.45) is 0 Å². The monoisotopic (exact) mass is 320 g/mol. The molecule has 0 saturated carbocycles. The largest absolute Gasteiger partial charge is 0.370 e. The van der Waals surface area contributed by atoms with Crippen LogP contribution in [0.25, 0.3) is 0 Å². The maximum absolute atomic E-state index is 11.9. The standard InChI is InChI=1S/C11H17ClN4O3S/c1-3-13-10-6-8(9(12)7-15-10)11(17)14-4-5-16-20(2,18)19/h6-7,16H,3-5H2,1-2H3,(H,13,15)(H,14,17). The summed E-state index contributed by atoms with van der Waals surface area (Å²) < 4.78 is 24.0. The normalized spacial score (nSPS) is 11.2. The zero-order chi connectivity index (χ0) is 15.2. The summed E-state index contributed by atoms with van der Waals surface area (Å²) in [6.45, 7) is 2.87. The van der Waals surface area contributed by atoms with Crippen molar-refractivity contribution in [3.63, 3.8) is 0 Å². The van der Waals surface area contributed by atoms with Crippen LogP contribution in [0.1, 0.15) is 17.3 Å². The second kappa shape index (κ2) is 7.41. The minimum absolute atomic E-state index is 0.118. The van der Waals surface area contributed by atoms with Gasteiger partial charge >= 0.3 is 0 Å². The molecule has 1 aromatic heterocycles. The number of halogens is 1. The molecule has 0 fully saturated rings. The van der Waals surface area contributed by atoms with Crippen LogP contribution in [0, 0.1) is 0 Å². The van der Waals surface area contributed by atoms with Gasteiger partial charge in [0.05, 0.1) is 16.8 Å². The van der Waals surface area contributed by atoms with Gasteiger partial charge in [-0.15, -0.1) is 0 Å². The van der Waals surface area contributed by atoms with Gasteiger partial charge in [0.15, 0.2) is 0 Å². The number of hydrogen-bond donors (Lipinski definition) is 3. The molecule has 7 nitrogen and oxygen atoms in total. The van der Waals surface area contributed by atoms with E-state index in [4.69, 9.17) is 11.6 Å². The number of hydrogen-bond acceptors (Lipinski definition) is 5. The van der Waals surface area contributed by atoms with Crippen molar-refractivity contribution in [3.8, 4) is 0 Å². The summed E-state index contributed by atoms with van der Waals surface area (Å²) in [5, 5.41) is 5.79. The first-order valence-corrected chi connectivity index (χ1v) is 8.22. The van der Waals surface area contributed by atoms with E-state index in [0.29, 0.717) is 12.4 Å². The van der Waals surface area contributed by atoms with Crippen molar-refractivity contribution in [2.45, 2.75) is 6.92 Å². The number of amides is 1. The molecule has 1 rings (SSSR count). The predicted molar refractivity (Wildman–Crippen MR) is 78.6 cm³/mol. The third-order valence-corrected chi connectivity index (χ3v) is 3.26. The van der Waals surface area contributed by atoms with Gasteiger partial charge in [-0.1, -0.05) is 11.6 Å². The van der Waals surface area contributed by atoms with Gasteiger partial charge in [-0.2, -0.15) is 0 Å². The summed E-state index contributed by atoms with van der Waals surface area (Å²) in [7, 11) is -3.26. The average molecular weight is 321 g/mol. The quantitative estimate of drug-likeness (QED) is 0.633. The van der Waals surface area contributed by atoms with E-state index in [-0.39, 0.29) is 29.6 Å². The molecule has 1 heterocycles. The lowest BCUT2D eigenvalue weighted by Gasteiger charge is -2.09. The van der Waals surface area contributed by atoms with E-state index in [9.17, 15) is 13.2 Å². The maximum atomic E-state index is 11.9. The van der Waals surface area contributed by atoms with Crippen molar-refractivity contribution >= 4 is 33.3 Å². The average Bonchev–Trinajstić information content (AvgIpc) is 2.36. The Morgan fingerprint density at radius 1 is 1.40 bits per heavy atom. The summed E-state index contributed by atoms with van der Waals surface area (Å²) in [6, 6.07) is 1.55. The lowest BCUT2D eigenvalue weighted by molar-refractivity contribution is 0.0954. The molecule has 0 bridgehead atoms. The molecule has 3 N–H and O–H groups in total. The fourth-order valence-electron chi connectivity index (χ4n) is 1.40. The van der Waals surface area contributed by atoms with E-state index in [1.165, 1.54) is 6.20 Å². The Morgan fingerprint density at radius 2 is 2.10 bits per heavy atom. The number of pyridine rings is 1. The first-order chi connectivity index (χ1) is 9.33. The fraction of sp³-hybridized carbons (Fsp3) is 0.455. The van der Waals surface area contributed by atoms with Crippen LogP contribution in [0.15, 0.2) is 12.3 Å². The topological polar surface area (TPSA) is 100 Å². The number of aromatic nitrogens is 1. The van der Waals surface area contributed by atoms with Crippen molar-refractivity contribution in [1.82, 2.24) is 15.0 Å². The Balaban J connectivity index is 2.60. The summed E-state index contributed by atoms with van der Waals surface area (Å²) in [5.41, 5.74) is 0.289. The number of carbonyl (C=O) groups is 1. The Labute approximate surface area is 123 Å². The van der Waals surface area contributed by atoms with Crippen LogP contribution in [0.2, 0.25) is 5.02 Å². The summed E-state index contributed by atoms with van der Waals surface area (Å²) >= 11 is 5.91. The Hall–Kier alpha value is -1.38. The third kappa shape index (κ3) is 5.72. The van der Waals surface area contributed by atoms with Gasteiger partial charge in [0.2, 0.25) is 10.0 Å². The molecule has 0 spiro atoms. The Bertz CT molecular complexity index is 577. The zero-order valence-corrected chi connectivity index (χ0v) is 12.8. The lowest BCUT2D eigenvalue weighted by Crippen LogP contribution is -2.34. The Morgan fingerprint density at radius 3 is 2.70 bits per heavy atom. The van der Waals surface area contributed by atoms with Crippen LogP contribution in [0.4, 0.5) is 5.82 Å².